The standard InChI is InChI=1S/C14H21N3O3S/c1-3-17(10(2)18)14-15-12(9-21-14)8-16-6-4-11(5-7-16)13(19)20/h9,11H,3-8H2,1-2H3,(H,19,20). The third-order valence-corrected chi connectivity index (χ3v) is 4.70. The molecule has 0 spiro atoms. The molecule has 0 radical (unpaired) electrons. The molecule has 6 nitrogen and oxygen atoms in total. The summed E-state index contributed by atoms with van der Waals surface area (Å²) in [4.78, 5) is 30.8. The number of rotatable bonds is 5. The van der Waals surface area contributed by atoms with Gasteiger partial charge in [0.1, 0.15) is 0 Å². The molecule has 1 N–H and O–H groups in total. The molecular weight excluding hydrogens is 290 g/mol. The molecular formula is C14H21N3O3S. The van der Waals surface area contributed by atoms with Crippen LogP contribution in [-0.4, -0.2) is 46.5 Å². The fourth-order valence-electron chi connectivity index (χ4n) is 2.55. The number of amides is 1. The van der Waals surface area contributed by atoms with Crippen molar-refractivity contribution in [3.63, 3.8) is 0 Å². The van der Waals surface area contributed by atoms with E-state index in [4.69, 9.17) is 5.11 Å². The van der Waals surface area contributed by atoms with Gasteiger partial charge in [-0.05, 0) is 32.9 Å². The largest absolute Gasteiger partial charge is 0.481 e. The SMILES string of the molecule is CCN(C(C)=O)c1nc(CN2CCC(C(=O)O)CC2)cs1. The Morgan fingerprint density at radius 2 is 2.14 bits per heavy atom. The predicted molar refractivity (Wildman–Crippen MR) is 81.5 cm³/mol. The average Bonchev–Trinajstić information content (AvgIpc) is 2.88. The smallest absolute Gasteiger partial charge is 0.306 e. The van der Waals surface area contributed by atoms with E-state index in [1.165, 1.54) is 11.3 Å². The van der Waals surface area contributed by atoms with Gasteiger partial charge in [0, 0.05) is 25.4 Å². The van der Waals surface area contributed by atoms with Crippen molar-refractivity contribution in [3.05, 3.63) is 11.1 Å². The summed E-state index contributed by atoms with van der Waals surface area (Å²) in [6, 6.07) is 0. The molecule has 116 valence electrons. The number of anilines is 1. The molecule has 0 aliphatic carbocycles. The fourth-order valence-corrected chi connectivity index (χ4v) is 3.48. The number of carbonyl (C=O) groups excluding carboxylic acids is 1. The summed E-state index contributed by atoms with van der Waals surface area (Å²) < 4.78 is 0. The summed E-state index contributed by atoms with van der Waals surface area (Å²) in [5.74, 6) is -0.896. The molecule has 1 aliphatic heterocycles. The zero-order valence-electron chi connectivity index (χ0n) is 12.4. The number of carbonyl (C=O) groups is 2. The topological polar surface area (TPSA) is 73.7 Å². The number of aromatic nitrogens is 1. The maximum Gasteiger partial charge on any atom is 0.306 e. The van der Waals surface area contributed by atoms with Gasteiger partial charge in [0.25, 0.3) is 0 Å². The summed E-state index contributed by atoms with van der Waals surface area (Å²) in [5, 5.41) is 11.7. The molecule has 7 heteroatoms. The number of likely N-dealkylation sites (tertiary alicyclic amines) is 1. The first-order chi connectivity index (χ1) is 10.0. The van der Waals surface area contributed by atoms with E-state index in [2.05, 4.69) is 9.88 Å². The number of piperidine rings is 1. The summed E-state index contributed by atoms with van der Waals surface area (Å²) in [6.45, 7) is 6.38. The van der Waals surface area contributed by atoms with Crippen molar-refractivity contribution in [2.24, 2.45) is 5.92 Å². The Morgan fingerprint density at radius 3 is 2.67 bits per heavy atom. The van der Waals surface area contributed by atoms with E-state index in [-0.39, 0.29) is 11.8 Å². The minimum Gasteiger partial charge on any atom is -0.481 e. The van der Waals surface area contributed by atoms with Gasteiger partial charge in [0.15, 0.2) is 5.13 Å². The minimum atomic E-state index is -0.689. The quantitative estimate of drug-likeness (QED) is 0.898. The van der Waals surface area contributed by atoms with Crippen LogP contribution in [0.5, 0.6) is 0 Å². The van der Waals surface area contributed by atoms with Crippen molar-refractivity contribution in [3.8, 4) is 0 Å². The van der Waals surface area contributed by atoms with Gasteiger partial charge >= 0.3 is 5.97 Å². The lowest BCUT2D eigenvalue weighted by atomic mass is 9.97. The zero-order valence-corrected chi connectivity index (χ0v) is 13.2. The van der Waals surface area contributed by atoms with E-state index in [0.29, 0.717) is 19.4 Å². The molecule has 0 saturated carbocycles. The van der Waals surface area contributed by atoms with Crippen molar-refractivity contribution in [2.45, 2.75) is 33.2 Å². The molecule has 2 rings (SSSR count). The Kier molecular flexibility index (Phi) is 5.30. The van der Waals surface area contributed by atoms with E-state index in [9.17, 15) is 9.59 Å². The normalized spacial score (nSPS) is 16.9. The van der Waals surface area contributed by atoms with Gasteiger partial charge in [-0.2, -0.15) is 0 Å². The van der Waals surface area contributed by atoms with Crippen LogP contribution < -0.4 is 4.90 Å². The highest BCUT2D eigenvalue weighted by molar-refractivity contribution is 7.14. The molecule has 2 heterocycles. The summed E-state index contributed by atoms with van der Waals surface area (Å²) in [7, 11) is 0. The number of thiazole rings is 1. The van der Waals surface area contributed by atoms with Crippen LogP contribution in [0.3, 0.4) is 0 Å². The van der Waals surface area contributed by atoms with Gasteiger partial charge in [0.05, 0.1) is 11.6 Å². The van der Waals surface area contributed by atoms with Crippen LogP contribution in [0.15, 0.2) is 5.38 Å². The van der Waals surface area contributed by atoms with Crippen LogP contribution in [-0.2, 0) is 16.1 Å². The third kappa shape index (κ3) is 4.01. The number of carboxylic acid groups (broad SMARTS) is 1. The molecule has 0 unspecified atom stereocenters. The Labute approximate surface area is 128 Å². The maximum atomic E-state index is 11.5. The molecule has 1 saturated heterocycles. The van der Waals surface area contributed by atoms with Crippen LogP contribution in [0, 0.1) is 5.92 Å². The summed E-state index contributed by atoms with van der Waals surface area (Å²) in [5.41, 5.74) is 0.948. The molecule has 0 atom stereocenters. The van der Waals surface area contributed by atoms with Gasteiger partial charge in [-0.1, -0.05) is 0 Å². The predicted octanol–water partition coefficient (Wildman–Crippen LogP) is 1.81. The van der Waals surface area contributed by atoms with Crippen molar-refractivity contribution < 1.29 is 14.7 Å². The molecule has 1 amide bonds. The lowest BCUT2D eigenvalue weighted by Gasteiger charge is -2.29. The monoisotopic (exact) mass is 311 g/mol. The van der Waals surface area contributed by atoms with E-state index < -0.39 is 5.97 Å². The first kappa shape index (κ1) is 15.9. The van der Waals surface area contributed by atoms with Gasteiger partial charge in [-0.25, -0.2) is 4.98 Å². The summed E-state index contributed by atoms with van der Waals surface area (Å²) in [6.07, 6.45) is 1.39. The highest BCUT2D eigenvalue weighted by Gasteiger charge is 2.25. The first-order valence-corrected chi connectivity index (χ1v) is 8.07. The van der Waals surface area contributed by atoms with Crippen molar-refractivity contribution in [1.82, 2.24) is 9.88 Å². The van der Waals surface area contributed by atoms with Crippen LogP contribution in [0.2, 0.25) is 0 Å². The van der Waals surface area contributed by atoms with Gasteiger partial charge < -0.3 is 5.11 Å². The van der Waals surface area contributed by atoms with Gasteiger partial charge in [0.2, 0.25) is 5.91 Å². The number of aliphatic carboxylic acids is 1. The second-order valence-electron chi connectivity index (χ2n) is 5.27. The van der Waals surface area contributed by atoms with Crippen molar-refractivity contribution >= 4 is 28.3 Å². The molecule has 0 bridgehead atoms. The third-order valence-electron chi connectivity index (χ3n) is 3.79. The minimum absolute atomic E-state index is 0.000623. The molecule has 1 aromatic rings. The van der Waals surface area contributed by atoms with Crippen molar-refractivity contribution in [1.29, 1.82) is 0 Å². The molecule has 1 aromatic heterocycles. The van der Waals surface area contributed by atoms with E-state index >= 15 is 0 Å². The lowest BCUT2D eigenvalue weighted by Crippen LogP contribution is -2.36. The molecule has 0 aromatic carbocycles. The Morgan fingerprint density at radius 1 is 1.48 bits per heavy atom. The molecule has 1 fully saturated rings. The second-order valence-corrected chi connectivity index (χ2v) is 6.11. The van der Waals surface area contributed by atoms with Crippen LogP contribution in [0.25, 0.3) is 0 Å². The van der Waals surface area contributed by atoms with E-state index in [0.717, 1.165) is 30.5 Å². The first-order valence-electron chi connectivity index (χ1n) is 7.19. The van der Waals surface area contributed by atoms with Gasteiger partial charge in [-0.3, -0.25) is 19.4 Å². The maximum absolute atomic E-state index is 11.5. The van der Waals surface area contributed by atoms with Crippen LogP contribution >= 0.6 is 11.3 Å². The highest BCUT2D eigenvalue weighted by Crippen LogP contribution is 2.23. The summed E-state index contributed by atoms with van der Waals surface area (Å²) >= 11 is 1.48. The van der Waals surface area contributed by atoms with E-state index in [1.54, 1.807) is 11.8 Å². The second kappa shape index (κ2) is 7.00. The lowest BCUT2D eigenvalue weighted by molar-refractivity contribution is -0.143. The number of hydrogen-bond acceptors (Lipinski definition) is 5. The highest BCUT2D eigenvalue weighted by atomic mass is 32.1. The zero-order chi connectivity index (χ0) is 15.4. The van der Waals surface area contributed by atoms with E-state index in [1.807, 2.05) is 12.3 Å². The van der Waals surface area contributed by atoms with Crippen molar-refractivity contribution in [2.75, 3.05) is 24.5 Å². The Hall–Kier alpha value is -1.47. The fraction of sp³-hybridized carbons (Fsp3) is 0.643. The van der Waals surface area contributed by atoms with Gasteiger partial charge in [-0.15, -0.1) is 11.3 Å². The Bertz CT molecular complexity index is 509. The molecule has 1 aliphatic rings. The molecule has 21 heavy (non-hydrogen) atoms. The van der Waals surface area contributed by atoms with Crippen LogP contribution in [0.4, 0.5) is 5.13 Å². The average molecular weight is 311 g/mol. The van der Waals surface area contributed by atoms with Crippen LogP contribution in [0.1, 0.15) is 32.4 Å². The number of nitrogens with zero attached hydrogens (tertiary/aromatic N) is 3. The number of hydrogen-bond donors (Lipinski definition) is 1. The Balaban J connectivity index is 1.91. The number of carboxylic acids is 1.